The van der Waals surface area contributed by atoms with Crippen molar-refractivity contribution in [1.82, 2.24) is 14.9 Å². The molecular weight excluding hydrogens is 322 g/mol. The summed E-state index contributed by atoms with van der Waals surface area (Å²) in [6, 6.07) is 5.95. The predicted octanol–water partition coefficient (Wildman–Crippen LogP) is 2.30. The Morgan fingerprint density at radius 2 is 2.40 bits per heavy atom. The number of halogens is 1. The van der Waals surface area contributed by atoms with Gasteiger partial charge in [-0.15, -0.1) is 0 Å². The first-order chi connectivity index (χ1) is 9.79. The van der Waals surface area contributed by atoms with Crippen molar-refractivity contribution < 1.29 is 9.47 Å². The van der Waals surface area contributed by atoms with Gasteiger partial charge in [0, 0.05) is 18.8 Å². The molecule has 1 aromatic carbocycles. The van der Waals surface area contributed by atoms with Crippen molar-refractivity contribution in [3.63, 3.8) is 0 Å². The number of nitrogens with zero attached hydrogens (tertiary/aromatic N) is 2. The molecule has 0 radical (unpaired) electrons. The molecule has 1 saturated heterocycles. The Morgan fingerprint density at radius 3 is 3.10 bits per heavy atom. The molecule has 0 spiro atoms. The molecule has 0 amide bonds. The van der Waals surface area contributed by atoms with Crippen LogP contribution in [0, 0.1) is 0 Å². The normalized spacial score (nSPS) is 19.0. The first-order valence-corrected chi connectivity index (χ1v) is 7.27. The number of benzene rings is 1. The lowest BCUT2D eigenvalue weighted by molar-refractivity contribution is 0.0240. The fourth-order valence-electron chi connectivity index (χ4n) is 2.32. The minimum atomic E-state index is 0.0344. The maximum absolute atomic E-state index is 5.80. The fourth-order valence-corrected chi connectivity index (χ4v) is 2.85. The van der Waals surface area contributed by atoms with Crippen molar-refractivity contribution in [3.05, 3.63) is 40.9 Å². The Hall–Kier alpha value is -1.37. The number of hydrogen-bond donors (Lipinski definition) is 1. The highest BCUT2D eigenvalue weighted by molar-refractivity contribution is 9.10. The van der Waals surface area contributed by atoms with E-state index in [0.29, 0.717) is 0 Å². The van der Waals surface area contributed by atoms with E-state index in [0.717, 1.165) is 41.3 Å². The van der Waals surface area contributed by atoms with Crippen molar-refractivity contribution in [3.8, 4) is 11.4 Å². The van der Waals surface area contributed by atoms with Crippen molar-refractivity contribution in [2.24, 2.45) is 0 Å². The molecule has 106 valence electrons. The first-order valence-electron chi connectivity index (χ1n) is 6.48. The molecule has 1 aromatic heterocycles. The lowest BCUT2D eigenvalue weighted by Gasteiger charge is -2.24. The van der Waals surface area contributed by atoms with Gasteiger partial charge in [-0.3, -0.25) is 0 Å². The number of ether oxygens (including phenoxy) is 2. The summed E-state index contributed by atoms with van der Waals surface area (Å²) in [4.78, 5) is 4.25. The third kappa shape index (κ3) is 2.59. The Balaban J connectivity index is 1.94. The van der Waals surface area contributed by atoms with Crippen LogP contribution in [0.4, 0.5) is 0 Å². The second-order valence-corrected chi connectivity index (χ2v) is 5.43. The van der Waals surface area contributed by atoms with Crippen LogP contribution in [0.15, 0.2) is 35.2 Å². The van der Waals surface area contributed by atoms with Gasteiger partial charge in [0.05, 0.1) is 36.4 Å². The third-order valence-electron chi connectivity index (χ3n) is 3.34. The molecule has 1 N–H and O–H groups in total. The minimum Gasteiger partial charge on any atom is -0.496 e. The molecule has 6 heteroatoms. The molecule has 0 bridgehead atoms. The quantitative estimate of drug-likeness (QED) is 0.933. The monoisotopic (exact) mass is 337 g/mol. The number of nitrogens with one attached hydrogen (secondary N) is 1. The average Bonchev–Trinajstić information content (AvgIpc) is 2.97. The Morgan fingerprint density at radius 1 is 1.50 bits per heavy atom. The SMILES string of the molecule is COc1ccc(-n2cncc2C2CNCCO2)cc1Br. The van der Waals surface area contributed by atoms with E-state index >= 15 is 0 Å². The summed E-state index contributed by atoms with van der Waals surface area (Å²) in [6.45, 7) is 2.43. The van der Waals surface area contributed by atoms with E-state index in [1.807, 2.05) is 35.3 Å². The van der Waals surface area contributed by atoms with Gasteiger partial charge in [-0.2, -0.15) is 0 Å². The summed E-state index contributed by atoms with van der Waals surface area (Å²) in [5.41, 5.74) is 2.08. The summed E-state index contributed by atoms with van der Waals surface area (Å²) < 4.78 is 14.0. The molecule has 1 fully saturated rings. The maximum Gasteiger partial charge on any atom is 0.133 e. The molecular formula is C14H16BrN3O2. The third-order valence-corrected chi connectivity index (χ3v) is 3.96. The molecule has 1 unspecified atom stereocenters. The van der Waals surface area contributed by atoms with Crippen molar-refractivity contribution in [2.75, 3.05) is 26.8 Å². The van der Waals surface area contributed by atoms with Crippen LogP contribution in [0.5, 0.6) is 5.75 Å². The fraction of sp³-hybridized carbons (Fsp3) is 0.357. The van der Waals surface area contributed by atoms with Gasteiger partial charge in [0.2, 0.25) is 0 Å². The van der Waals surface area contributed by atoms with E-state index < -0.39 is 0 Å². The van der Waals surface area contributed by atoms with Gasteiger partial charge in [-0.1, -0.05) is 0 Å². The molecule has 2 heterocycles. The zero-order chi connectivity index (χ0) is 13.9. The van der Waals surface area contributed by atoms with E-state index in [-0.39, 0.29) is 6.10 Å². The highest BCUT2D eigenvalue weighted by Crippen LogP contribution is 2.29. The minimum absolute atomic E-state index is 0.0344. The first kappa shape index (κ1) is 13.6. The molecule has 5 nitrogen and oxygen atoms in total. The lowest BCUT2D eigenvalue weighted by atomic mass is 10.2. The van der Waals surface area contributed by atoms with Gasteiger partial charge in [-0.25, -0.2) is 4.98 Å². The molecule has 20 heavy (non-hydrogen) atoms. The predicted molar refractivity (Wildman–Crippen MR) is 79.4 cm³/mol. The van der Waals surface area contributed by atoms with Crippen molar-refractivity contribution >= 4 is 15.9 Å². The highest BCUT2D eigenvalue weighted by Gasteiger charge is 2.20. The number of methoxy groups -OCH3 is 1. The Bertz CT molecular complexity index is 594. The number of rotatable bonds is 3. The lowest BCUT2D eigenvalue weighted by Crippen LogP contribution is -2.34. The van der Waals surface area contributed by atoms with Crippen LogP contribution < -0.4 is 10.1 Å². The smallest absolute Gasteiger partial charge is 0.133 e. The van der Waals surface area contributed by atoms with Crippen LogP contribution in [0.3, 0.4) is 0 Å². The molecule has 0 aliphatic carbocycles. The van der Waals surface area contributed by atoms with Crippen LogP contribution in [0.2, 0.25) is 0 Å². The van der Waals surface area contributed by atoms with Crippen LogP contribution in [-0.4, -0.2) is 36.4 Å². The molecule has 1 aliphatic heterocycles. The van der Waals surface area contributed by atoms with Gasteiger partial charge in [0.1, 0.15) is 11.9 Å². The van der Waals surface area contributed by atoms with Crippen LogP contribution >= 0.6 is 15.9 Å². The van der Waals surface area contributed by atoms with Gasteiger partial charge in [0.15, 0.2) is 0 Å². The van der Waals surface area contributed by atoms with Crippen LogP contribution in [0.25, 0.3) is 5.69 Å². The molecule has 1 aliphatic rings. The van der Waals surface area contributed by atoms with Gasteiger partial charge in [-0.05, 0) is 34.1 Å². The zero-order valence-electron chi connectivity index (χ0n) is 11.2. The van der Waals surface area contributed by atoms with Crippen LogP contribution in [-0.2, 0) is 4.74 Å². The maximum atomic E-state index is 5.80. The summed E-state index contributed by atoms with van der Waals surface area (Å²) in [7, 11) is 1.66. The number of imidazole rings is 1. The van der Waals surface area contributed by atoms with Crippen molar-refractivity contribution in [1.29, 1.82) is 0 Å². The second-order valence-electron chi connectivity index (χ2n) is 4.57. The standard InChI is InChI=1S/C14H16BrN3O2/c1-19-13-3-2-10(6-11(13)15)18-9-17-7-12(18)14-8-16-4-5-20-14/h2-3,6-7,9,14,16H,4-5,8H2,1H3. The van der Waals surface area contributed by atoms with E-state index in [9.17, 15) is 0 Å². The van der Waals surface area contributed by atoms with E-state index in [2.05, 4.69) is 26.2 Å². The van der Waals surface area contributed by atoms with Gasteiger partial charge < -0.3 is 19.4 Å². The molecule has 3 rings (SSSR count). The summed E-state index contributed by atoms with van der Waals surface area (Å²) in [6.07, 6.45) is 3.70. The Labute approximate surface area is 126 Å². The Kier molecular flexibility index (Phi) is 4.05. The second kappa shape index (κ2) is 5.95. The van der Waals surface area contributed by atoms with Crippen LogP contribution in [0.1, 0.15) is 11.8 Å². The average molecular weight is 338 g/mol. The number of morpholine rings is 1. The number of hydrogen-bond acceptors (Lipinski definition) is 4. The van der Waals surface area contributed by atoms with E-state index in [4.69, 9.17) is 9.47 Å². The summed E-state index contributed by atoms with van der Waals surface area (Å²) in [5.74, 6) is 0.811. The zero-order valence-corrected chi connectivity index (χ0v) is 12.8. The van der Waals surface area contributed by atoms with Gasteiger partial charge in [0.25, 0.3) is 0 Å². The molecule has 0 saturated carbocycles. The van der Waals surface area contributed by atoms with E-state index in [1.54, 1.807) is 7.11 Å². The molecule has 2 aromatic rings. The largest absolute Gasteiger partial charge is 0.496 e. The summed E-state index contributed by atoms with van der Waals surface area (Å²) in [5, 5.41) is 3.34. The molecule has 1 atom stereocenters. The van der Waals surface area contributed by atoms with Gasteiger partial charge >= 0.3 is 0 Å². The number of aromatic nitrogens is 2. The van der Waals surface area contributed by atoms with Crippen molar-refractivity contribution in [2.45, 2.75) is 6.10 Å². The summed E-state index contributed by atoms with van der Waals surface area (Å²) >= 11 is 3.51. The topological polar surface area (TPSA) is 48.3 Å². The van der Waals surface area contributed by atoms with E-state index in [1.165, 1.54) is 0 Å². The highest BCUT2D eigenvalue weighted by atomic mass is 79.9.